The van der Waals surface area contributed by atoms with E-state index in [0.717, 1.165) is 18.8 Å². The first-order valence-electron chi connectivity index (χ1n) is 5.67. The second kappa shape index (κ2) is 7.01. The number of rotatable bonds is 6. The van der Waals surface area contributed by atoms with Gasteiger partial charge >= 0.3 is 5.91 Å². The Balaban J connectivity index is 2.42. The zero-order valence-electron chi connectivity index (χ0n) is 9.74. The lowest BCUT2D eigenvalue weighted by Crippen LogP contribution is -2.81. The Morgan fingerprint density at radius 2 is 2.00 bits per heavy atom. The van der Waals surface area contributed by atoms with E-state index in [9.17, 15) is 4.79 Å². The molecule has 1 rings (SSSR count). The molecule has 3 nitrogen and oxygen atoms in total. The Morgan fingerprint density at radius 1 is 1.31 bits per heavy atom. The van der Waals surface area contributed by atoms with E-state index >= 15 is 0 Å². The summed E-state index contributed by atoms with van der Waals surface area (Å²) in [5.74, 6) is 0.759. The first-order chi connectivity index (χ1) is 7.77. The van der Waals surface area contributed by atoms with E-state index in [1.807, 2.05) is 12.1 Å². The van der Waals surface area contributed by atoms with Crippen molar-refractivity contribution >= 4 is 5.91 Å². The maximum atomic E-state index is 11.3. The molecule has 0 aliphatic heterocycles. The van der Waals surface area contributed by atoms with E-state index in [1.54, 1.807) is 12.1 Å². The third-order valence-electron chi connectivity index (χ3n) is 2.34. The van der Waals surface area contributed by atoms with Gasteiger partial charge in [-0.2, -0.15) is 0 Å². The molecule has 0 fully saturated rings. The Morgan fingerprint density at radius 3 is 2.56 bits per heavy atom. The molecule has 0 unspecified atom stereocenters. The highest BCUT2D eigenvalue weighted by Crippen LogP contribution is 2.12. The maximum Gasteiger partial charge on any atom is 0.316 e. The number of unbranched alkanes of at least 4 members (excludes halogenated alkanes) is 2. The summed E-state index contributed by atoms with van der Waals surface area (Å²) in [7, 11) is 3.45. The topological polar surface area (TPSA) is 42.9 Å². The van der Waals surface area contributed by atoms with Gasteiger partial charge in [-0.3, -0.25) is 0 Å². The number of nitrogens with two attached hydrogens (primary N) is 1. The SMILES string of the molecule is [CH2-][NH2+]C(=O)c1ccc(OCCCCC)cc1. The van der Waals surface area contributed by atoms with Crippen LogP contribution in [0.25, 0.3) is 0 Å². The number of hydrogen-bond donors (Lipinski definition) is 1. The van der Waals surface area contributed by atoms with E-state index in [1.165, 1.54) is 18.2 Å². The van der Waals surface area contributed by atoms with Gasteiger partial charge in [-0.25, -0.2) is 4.79 Å². The van der Waals surface area contributed by atoms with Gasteiger partial charge < -0.3 is 10.1 Å². The van der Waals surface area contributed by atoms with E-state index in [4.69, 9.17) is 4.74 Å². The quantitative estimate of drug-likeness (QED) is 0.587. The van der Waals surface area contributed by atoms with Crippen molar-refractivity contribution < 1.29 is 14.8 Å². The van der Waals surface area contributed by atoms with Gasteiger partial charge in [-0.05, 0) is 30.7 Å². The Kier molecular flexibility index (Phi) is 5.57. The predicted molar refractivity (Wildman–Crippen MR) is 63.1 cm³/mol. The molecule has 0 spiro atoms. The smallest absolute Gasteiger partial charge is 0.316 e. The van der Waals surface area contributed by atoms with Crippen LogP contribution in [0.5, 0.6) is 5.75 Å². The van der Waals surface area contributed by atoms with Crippen LogP contribution in [0.15, 0.2) is 24.3 Å². The minimum Gasteiger partial charge on any atom is -0.494 e. The highest BCUT2D eigenvalue weighted by atomic mass is 16.5. The summed E-state index contributed by atoms with van der Waals surface area (Å²) in [4.78, 5) is 11.3. The molecule has 0 aromatic heterocycles. The molecule has 0 aliphatic carbocycles. The zero-order chi connectivity index (χ0) is 11.8. The summed E-state index contributed by atoms with van der Waals surface area (Å²) in [6.45, 7) is 2.90. The average Bonchev–Trinajstić information content (AvgIpc) is 2.34. The van der Waals surface area contributed by atoms with E-state index in [2.05, 4.69) is 14.0 Å². The van der Waals surface area contributed by atoms with Crippen molar-refractivity contribution in [3.63, 3.8) is 0 Å². The second-order valence-electron chi connectivity index (χ2n) is 3.65. The van der Waals surface area contributed by atoms with Crippen LogP contribution in [0.2, 0.25) is 0 Å². The lowest BCUT2D eigenvalue weighted by Gasteiger charge is -2.06. The fraction of sp³-hybridized carbons (Fsp3) is 0.385. The normalized spacial score (nSPS) is 10.1. The number of quaternary nitrogens is 1. The summed E-state index contributed by atoms with van der Waals surface area (Å²) in [5.41, 5.74) is 0.649. The molecule has 1 amide bonds. The molecule has 3 heteroatoms. The highest BCUT2D eigenvalue weighted by molar-refractivity contribution is 5.86. The molecule has 1 aromatic carbocycles. The Labute approximate surface area is 96.8 Å². The summed E-state index contributed by atoms with van der Waals surface area (Å²) in [5, 5.41) is 1.32. The third kappa shape index (κ3) is 4.03. The van der Waals surface area contributed by atoms with Crippen molar-refractivity contribution in [3.05, 3.63) is 36.9 Å². The number of hydrogen-bond acceptors (Lipinski definition) is 2. The highest BCUT2D eigenvalue weighted by Gasteiger charge is 2.04. The lowest BCUT2D eigenvalue weighted by atomic mass is 10.2. The van der Waals surface area contributed by atoms with E-state index in [0.29, 0.717) is 5.56 Å². The molecule has 1 aromatic rings. The van der Waals surface area contributed by atoms with Crippen LogP contribution in [-0.2, 0) is 0 Å². The van der Waals surface area contributed by atoms with Crippen molar-refractivity contribution in [2.45, 2.75) is 26.2 Å². The molecule has 0 aliphatic rings. The van der Waals surface area contributed by atoms with Crippen LogP contribution in [0.1, 0.15) is 36.5 Å². The lowest BCUT2D eigenvalue weighted by molar-refractivity contribution is -0.489. The molecule has 88 valence electrons. The molecule has 2 N–H and O–H groups in total. The number of carbonyl (C=O) groups is 1. The minimum absolute atomic E-state index is 0.0578. The Hall–Kier alpha value is -1.35. The number of carbonyl (C=O) groups excluding carboxylic acids is 1. The predicted octanol–water partition coefficient (Wildman–Crippen LogP) is 1.75. The first kappa shape index (κ1) is 12.7. The first-order valence-corrected chi connectivity index (χ1v) is 5.67. The van der Waals surface area contributed by atoms with Gasteiger partial charge in [0, 0.05) is 0 Å². The maximum absolute atomic E-state index is 11.3. The molecule has 0 saturated heterocycles. The van der Waals surface area contributed by atoms with Gasteiger partial charge in [-0.15, -0.1) is 7.05 Å². The standard InChI is InChI=1S/C13H19NO2/c1-3-4-5-10-16-12-8-6-11(7-9-12)13(15)14-2/h6-9H,2-5,10,14H2,1H3. The van der Waals surface area contributed by atoms with Crippen LogP contribution in [0, 0.1) is 7.05 Å². The average molecular weight is 221 g/mol. The van der Waals surface area contributed by atoms with Crippen LogP contribution in [0.4, 0.5) is 0 Å². The summed E-state index contributed by atoms with van der Waals surface area (Å²) in [6.07, 6.45) is 3.45. The molecule has 0 saturated carbocycles. The van der Waals surface area contributed by atoms with Gasteiger partial charge in [0.1, 0.15) is 5.75 Å². The Bertz CT molecular complexity index is 319. The fourth-order valence-corrected chi connectivity index (χ4v) is 1.38. The van der Waals surface area contributed by atoms with Crippen molar-refractivity contribution in [1.29, 1.82) is 0 Å². The van der Waals surface area contributed by atoms with Gasteiger partial charge in [-0.1, -0.05) is 19.8 Å². The minimum atomic E-state index is -0.0578. The van der Waals surface area contributed by atoms with Crippen molar-refractivity contribution in [3.8, 4) is 5.75 Å². The summed E-state index contributed by atoms with van der Waals surface area (Å²) in [6, 6.07) is 7.17. The second-order valence-corrected chi connectivity index (χ2v) is 3.65. The van der Waals surface area contributed by atoms with Gasteiger partial charge in [0.25, 0.3) is 0 Å². The molecule has 0 radical (unpaired) electrons. The van der Waals surface area contributed by atoms with Crippen LogP contribution >= 0.6 is 0 Å². The molecular weight excluding hydrogens is 202 g/mol. The van der Waals surface area contributed by atoms with Crippen molar-refractivity contribution in [2.24, 2.45) is 0 Å². The van der Waals surface area contributed by atoms with Gasteiger partial charge in [0.05, 0.1) is 12.2 Å². The number of benzene rings is 1. The fourth-order valence-electron chi connectivity index (χ4n) is 1.38. The van der Waals surface area contributed by atoms with E-state index in [-0.39, 0.29) is 5.91 Å². The van der Waals surface area contributed by atoms with Crippen molar-refractivity contribution in [2.75, 3.05) is 6.61 Å². The molecule has 0 bridgehead atoms. The summed E-state index contributed by atoms with van der Waals surface area (Å²) < 4.78 is 5.54. The van der Waals surface area contributed by atoms with Gasteiger partial charge in [0.2, 0.25) is 0 Å². The zero-order valence-corrected chi connectivity index (χ0v) is 9.74. The molecular formula is C13H19NO2. The molecule has 16 heavy (non-hydrogen) atoms. The third-order valence-corrected chi connectivity index (χ3v) is 2.34. The number of amides is 1. The number of primary amides is 1. The largest absolute Gasteiger partial charge is 0.494 e. The molecule has 0 atom stereocenters. The van der Waals surface area contributed by atoms with Crippen molar-refractivity contribution in [1.82, 2.24) is 0 Å². The van der Waals surface area contributed by atoms with Gasteiger partial charge in [0.15, 0.2) is 0 Å². The van der Waals surface area contributed by atoms with Crippen LogP contribution in [0.3, 0.4) is 0 Å². The monoisotopic (exact) mass is 221 g/mol. The number of ether oxygens (including phenoxy) is 1. The van der Waals surface area contributed by atoms with Crippen LogP contribution < -0.4 is 10.1 Å². The molecule has 0 heterocycles. The van der Waals surface area contributed by atoms with Crippen LogP contribution in [-0.4, -0.2) is 12.5 Å². The summed E-state index contributed by atoms with van der Waals surface area (Å²) >= 11 is 0. The van der Waals surface area contributed by atoms with E-state index < -0.39 is 0 Å².